The van der Waals surface area contributed by atoms with Crippen LogP contribution in [0.4, 0.5) is 5.69 Å². The minimum atomic E-state index is -0.990. The first-order valence-electron chi connectivity index (χ1n) is 15.8. The van der Waals surface area contributed by atoms with Crippen LogP contribution in [0.2, 0.25) is 0 Å². The van der Waals surface area contributed by atoms with E-state index >= 15 is 0 Å². The molecule has 0 unspecified atom stereocenters. The zero-order chi connectivity index (χ0) is 31.8. The second-order valence-electron chi connectivity index (χ2n) is 11.2. The zero-order valence-electron chi connectivity index (χ0n) is 26.0. The molecule has 7 aromatic carbocycles. The van der Waals surface area contributed by atoms with E-state index in [1.165, 1.54) is 48.2 Å². The highest BCUT2D eigenvalue weighted by atomic mass is 31.1. The van der Waals surface area contributed by atoms with E-state index in [4.69, 9.17) is 5.73 Å². The molecular weight excluding hydrogens is 604 g/mol. The fourth-order valence-electron chi connectivity index (χ4n) is 6.14. The lowest BCUT2D eigenvalue weighted by Crippen LogP contribution is -2.35. The maximum absolute atomic E-state index is 7.23. The molecule has 7 aromatic rings. The Bertz CT molecular complexity index is 2090. The van der Waals surface area contributed by atoms with Gasteiger partial charge in [-0.3, -0.25) is 0 Å². The predicted octanol–water partition coefficient (Wildman–Crippen LogP) is 7.85. The number of nitrogens with two attached hydrogens (primary N) is 1. The lowest BCUT2D eigenvalue weighted by molar-refractivity contribution is 1.47. The zero-order valence-corrected chi connectivity index (χ0v) is 27.8. The molecule has 47 heavy (non-hydrogen) atoms. The van der Waals surface area contributed by atoms with Crippen molar-refractivity contribution in [1.29, 1.82) is 0 Å². The lowest BCUT2D eigenvalue weighted by atomic mass is 10.1. The monoisotopic (exact) mass is 639 g/mol. The maximum Gasteiger partial charge on any atom is 0.0400 e. The second kappa shape index (κ2) is 14.6. The molecule has 2 N–H and O–H groups in total. The summed E-state index contributed by atoms with van der Waals surface area (Å²) in [6, 6.07) is 72.0. The number of anilines is 1. The van der Waals surface area contributed by atoms with Gasteiger partial charge in [-0.1, -0.05) is 194 Å². The molecule has 0 saturated heterocycles. The van der Waals surface area contributed by atoms with Crippen LogP contribution in [-0.4, -0.2) is 0 Å². The van der Waals surface area contributed by atoms with Gasteiger partial charge in [0.1, 0.15) is 0 Å². The van der Waals surface area contributed by atoms with Crippen LogP contribution >= 0.6 is 15.8 Å². The van der Waals surface area contributed by atoms with Crippen molar-refractivity contribution in [2.45, 2.75) is 0 Å². The number of benzene rings is 7. The van der Waals surface area contributed by atoms with E-state index in [-0.39, 0.29) is 0 Å². The van der Waals surface area contributed by atoms with E-state index in [0.29, 0.717) is 0 Å². The molecule has 0 aliphatic carbocycles. The molecule has 0 aromatic heterocycles. The average Bonchev–Trinajstić information content (AvgIpc) is 3.15. The van der Waals surface area contributed by atoms with Crippen LogP contribution in [-0.2, 0) is 0 Å². The molecule has 226 valence electrons. The van der Waals surface area contributed by atoms with Crippen LogP contribution in [0.25, 0.3) is 10.6 Å². The standard InChI is InChI=1S/C44H35NP2/c45-41-33-19-32-40(43(34-20-7-1-8-21-34)46(36-24-11-3-12-25-36)37-26-13-4-14-27-37)42(41)44(35-22-9-2-10-23-35)47(38-28-15-5-16-29-38)39-30-17-6-18-31-39/h1-33H,45H2. The molecule has 0 bridgehead atoms. The quantitative estimate of drug-likeness (QED) is 0.133. The molecule has 0 heterocycles. The molecule has 3 heteroatoms. The number of rotatable bonds is 8. The highest BCUT2D eigenvalue weighted by Crippen LogP contribution is 2.49. The molecule has 0 amide bonds. The van der Waals surface area contributed by atoms with Gasteiger partial charge >= 0.3 is 0 Å². The minimum Gasteiger partial charge on any atom is -0.398 e. The Kier molecular flexibility index (Phi) is 9.48. The van der Waals surface area contributed by atoms with Gasteiger partial charge in [-0.15, -0.1) is 0 Å². The van der Waals surface area contributed by atoms with Gasteiger partial charge in [0.2, 0.25) is 0 Å². The third-order valence-corrected chi connectivity index (χ3v) is 13.3. The van der Waals surface area contributed by atoms with E-state index in [2.05, 4.69) is 200 Å². The smallest absolute Gasteiger partial charge is 0.0400 e. The minimum absolute atomic E-state index is 0.783. The molecule has 0 fully saturated rings. The summed E-state index contributed by atoms with van der Waals surface area (Å²) in [6.45, 7) is 0. The highest BCUT2D eigenvalue weighted by molar-refractivity contribution is 7.82. The van der Waals surface area contributed by atoms with Gasteiger partial charge in [0, 0.05) is 21.5 Å². The summed E-state index contributed by atoms with van der Waals surface area (Å²) in [4.78, 5) is 0. The second-order valence-corrected chi connectivity index (χ2v) is 15.5. The Hall–Kier alpha value is -5.06. The maximum atomic E-state index is 7.23. The SMILES string of the molecule is Nc1cccc(=C(c2ccccc2)P(c2ccccc2)c2ccccc2)c1=C(c1ccccc1)P(c1ccccc1)c1ccccc1. The fourth-order valence-corrected chi connectivity index (χ4v) is 11.4. The van der Waals surface area contributed by atoms with Crippen molar-refractivity contribution in [2.24, 2.45) is 0 Å². The van der Waals surface area contributed by atoms with Crippen molar-refractivity contribution in [3.8, 4) is 0 Å². The summed E-state index contributed by atoms with van der Waals surface area (Å²) in [5.41, 5.74) is 10.4. The summed E-state index contributed by atoms with van der Waals surface area (Å²) < 4.78 is 0. The predicted molar refractivity (Wildman–Crippen MR) is 206 cm³/mol. The van der Waals surface area contributed by atoms with Crippen LogP contribution in [0.5, 0.6) is 0 Å². The Balaban J connectivity index is 1.73. The summed E-state index contributed by atoms with van der Waals surface area (Å²) in [7, 11) is -1.95. The van der Waals surface area contributed by atoms with E-state index in [9.17, 15) is 0 Å². The molecule has 7 rings (SSSR count). The Morgan fingerprint density at radius 3 is 1.02 bits per heavy atom. The number of nitrogen functional groups attached to an aromatic ring is 1. The third kappa shape index (κ3) is 6.61. The summed E-state index contributed by atoms with van der Waals surface area (Å²) in [5.74, 6) is 0. The molecule has 0 atom stereocenters. The van der Waals surface area contributed by atoms with Gasteiger partial charge in [-0.25, -0.2) is 0 Å². The first kappa shape index (κ1) is 30.6. The van der Waals surface area contributed by atoms with Gasteiger partial charge in [-0.2, -0.15) is 0 Å². The normalized spacial score (nSPS) is 12.6. The lowest BCUT2D eigenvalue weighted by Gasteiger charge is -2.26. The molecular formula is C44H35NP2. The molecule has 0 aliphatic heterocycles. The molecule has 1 nitrogen and oxygen atoms in total. The van der Waals surface area contributed by atoms with E-state index in [1.54, 1.807) is 0 Å². The first-order chi connectivity index (χ1) is 23.3. The molecule has 0 saturated carbocycles. The van der Waals surface area contributed by atoms with Crippen LogP contribution < -0.4 is 37.4 Å². The van der Waals surface area contributed by atoms with Crippen molar-refractivity contribution >= 4 is 53.4 Å². The van der Waals surface area contributed by atoms with E-state index in [1.807, 2.05) is 0 Å². The molecule has 0 spiro atoms. The fraction of sp³-hybridized carbons (Fsp3) is 0. The van der Waals surface area contributed by atoms with Crippen molar-refractivity contribution in [2.75, 3.05) is 5.73 Å². The van der Waals surface area contributed by atoms with Crippen LogP contribution in [0, 0.1) is 0 Å². The first-order valence-corrected chi connectivity index (χ1v) is 18.5. The van der Waals surface area contributed by atoms with Gasteiger partial charge in [0.25, 0.3) is 0 Å². The van der Waals surface area contributed by atoms with Crippen molar-refractivity contribution < 1.29 is 0 Å². The van der Waals surface area contributed by atoms with Crippen molar-refractivity contribution in [1.82, 2.24) is 0 Å². The topological polar surface area (TPSA) is 26.0 Å². The highest BCUT2D eigenvalue weighted by Gasteiger charge is 2.25. The number of hydrogen-bond acceptors (Lipinski definition) is 1. The third-order valence-electron chi connectivity index (χ3n) is 8.19. The number of hydrogen-bond donors (Lipinski definition) is 1. The van der Waals surface area contributed by atoms with Crippen LogP contribution in [0.15, 0.2) is 200 Å². The summed E-state index contributed by atoms with van der Waals surface area (Å²) >= 11 is 0. The van der Waals surface area contributed by atoms with Gasteiger partial charge in [0.05, 0.1) is 0 Å². The largest absolute Gasteiger partial charge is 0.398 e. The Morgan fingerprint density at radius 2 is 0.638 bits per heavy atom. The van der Waals surface area contributed by atoms with E-state index in [0.717, 1.165) is 10.9 Å². The van der Waals surface area contributed by atoms with Gasteiger partial charge in [0.15, 0.2) is 0 Å². The Morgan fingerprint density at radius 1 is 0.319 bits per heavy atom. The van der Waals surface area contributed by atoms with Gasteiger partial charge in [-0.05, 0) is 59.5 Å². The van der Waals surface area contributed by atoms with Crippen LogP contribution in [0.1, 0.15) is 11.1 Å². The van der Waals surface area contributed by atoms with Crippen LogP contribution in [0.3, 0.4) is 0 Å². The van der Waals surface area contributed by atoms with Crippen molar-refractivity contribution in [3.05, 3.63) is 222 Å². The summed E-state index contributed by atoms with van der Waals surface area (Å²) in [6.07, 6.45) is 0. The molecule has 0 aliphatic rings. The van der Waals surface area contributed by atoms with Crippen molar-refractivity contribution in [3.63, 3.8) is 0 Å². The average molecular weight is 640 g/mol. The Labute approximate surface area is 279 Å². The van der Waals surface area contributed by atoms with E-state index < -0.39 is 15.8 Å². The molecule has 0 radical (unpaired) electrons. The van der Waals surface area contributed by atoms with Gasteiger partial charge < -0.3 is 5.73 Å². The summed E-state index contributed by atoms with van der Waals surface area (Å²) in [5, 5.41) is 10.0.